The van der Waals surface area contributed by atoms with Crippen molar-refractivity contribution in [3.63, 3.8) is 0 Å². The summed E-state index contributed by atoms with van der Waals surface area (Å²) >= 11 is 0. The third-order valence-corrected chi connectivity index (χ3v) is 3.65. The zero-order chi connectivity index (χ0) is 19.9. The number of rotatable bonds is 5. The van der Waals surface area contributed by atoms with E-state index in [0.717, 1.165) is 17.7 Å². The molecule has 3 N–H and O–H groups in total. The lowest BCUT2D eigenvalue weighted by molar-refractivity contribution is -0.137. The van der Waals surface area contributed by atoms with Gasteiger partial charge in [-0.05, 0) is 35.4 Å². The van der Waals surface area contributed by atoms with Crippen molar-refractivity contribution >= 4 is 17.6 Å². The molecule has 0 bridgehead atoms. The minimum atomic E-state index is -4.37. The van der Waals surface area contributed by atoms with Crippen LogP contribution in [0.1, 0.15) is 23.6 Å². The normalized spacial score (nSPS) is 11.8. The maximum atomic E-state index is 12.8. The Morgan fingerprint density at radius 3 is 2.15 bits per heavy atom. The number of hydrogen-bond acceptors (Lipinski definition) is 2. The predicted octanol–water partition coefficient (Wildman–Crippen LogP) is 3.53. The Morgan fingerprint density at radius 2 is 1.59 bits per heavy atom. The number of carbonyl (C=O) groups is 1. The fourth-order valence-corrected chi connectivity index (χ4v) is 2.41. The van der Waals surface area contributed by atoms with Crippen LogP contribution in [0.3, 0.4) is 0 Å². The van der Waals surface area contributed by atoms with E-state index in [1.807, 2.05) is 18.2 Å². The number of benzene rings is 2. The van der Waals surface area contributed by atoms with E-state index in [-0.39, 0.29) is 12.5 Å². The minimum absolute atomic E-state index is 0.154. The van der Waals surface area contributed by atoms with Crippen molar-refractivity contribution in [3.05, 3.63) is 65.2 Å². The van der Waals surface area contributed by atoms with Gasteiger partial charge in [-0.2, -0.15) is 13.2 Å². The van der Waals surface area contributed by atoms with Crippen LogP contribution in [0.4, 0.5) is 18.9 Å². The summed E-state index contributed by atoms with van der Waals surface area (Å²) in [7, 11) is 1.58. The van der Waals surface area contributed by atoms with Crippen molar-refractivity contribution in [2.24, 2.45) is 4.99 Å². The van der Waals surface area contributed by atoms with E-state index >= 15 is 0 Å². The molecule has 5 nitrogen and oxygen atoms in total. The molecule has 0 aliphatic carbocycles. The van der Waals surface area contributed by atoms with Crippen molar-refractivity contribution in [3.8, 4) is 0 Å². The first-order chi connectivity index (χ1) is 12.8. The third kappa shape index (κ3) is 6.65. The molecule has 0 saturated carbocycles. The molecule has 0 saturated heterocycles. The molecule has 2 rings (SSSR count). The number of nitrogens with zero attached hydrogens (tertiary/aromatic N) is 1. The minimum Gasteiger partial charge on any atom is -0.352 e. The number of anilines is 1. The van der Waals surface area contributed by atoms with Crippen LogP contribution in [-0.4, -0.2) is 18.9 Å². The van der Waals surface area contributed by atoms with E-state index in [9.17, 15) is 18.0 Å². The summed E-state index contributed by atoms with van der Waals surface area (Å²) in [6.07, 6.45) is -4.37. The largest absolute Gasteiger partial charge is 0.416 e. The Balaban J connectivity index is 1.92. The van der Waals surface area contributed by atoms with Gasteiger partial charge in [0.2, 0.25) is 5.91 Å². The summed E-state index contributed by atoms with van der Waals surface area (Å²) in [5.74, 6) is 0.302. The van der Waals surface area contributed by atoms with E-state index < -0.39 is 11.7 Å². The smallest absolute Gasteiger partial charge is 0.352 e. The molecule has 2 aromatic rings. The summed E-state index contributed by atoms with van der Waals surface area (Å²) in [6, 6.07) is 12.5. The number of carbonyl (C=O) groups excluding carboxylic acids is 1. The molecule has 8 heteroatoms. The van der Waals surface area contributed by atoms with Crippen molar-refractivity contribution in [1.29, 1.82) is 0 Å². The molecule has 1 amide bonds. The van der Waals surface area contributed by atoms with Crippen molar-refractivity contribution in [2.75, 3.05) is 12.4 Å². The first kappa shape index (κ1) is 20.3. The van der Waals surface area contributed by atoms with Gasteiger partial charge in [-0.3, -0.25) is 9.79 Å². The summed E-state index contributed by atoms with van der Waals surface area (Å²) in [6.45, 7) is 2.08. The monoisotopic (exact) mass is 378 g/mol. The van der Waals surface area contributed by atoms with Crippen LogP contribution in [-0.2, 0) is 24.1 Å². The van der Waals surface area contributed by atoms with Gasteiger partial charge in [0.25, 0.3) is 0 Å². The highest BCUT2D eigenvalue weighted by atomic mass is 19.4. The van der Waals surface area contributed by atoms with Gasteiger partial charge in [0.15, 0.2) is 5.96 Å². The summed E-state index contributed by atoms with van der Waals surface area (Å²) in [4.78, 5) is 15.2. The van der Waals surface area contributed by atoms with E-state index in [1.165, 1.54) is 13.0 Å². The molecule has 0 atom stereocenters. The molecule has 2 aromatic carbocycles. The lowest BCUT2D eigenvalue weighted by atomic mass is 10.1. The number of guanidine groups is 1. The molecule has 0 radical (unpaired) electrons. The summed E-state index contributed by atoms with van der Waals surface area (Å²) in [5, 5.41) is 8.77. The van der Waals surface area contributed by atoms with Crippen LogP contribution >= 0.6 is 0 Å². The Kier molecular flexibility index (Phi) is 6.81. The fraction of sp³-hybridized carbons (Fsp3) is 0.263. The van der Waals surface area contributed by atoms with Crippen LogP contribution in [0.2, 0.25) is 0 Å². The van der Waals surface area contributed by atoms with Gasteiger partial charge >= 0.3 is 6.18 Å². The second kappa shape index (κ2) is 9.07. The lowest BCUT2D eigenvalue weighted by Gasteiger charge is -2.14. The average molecular weight is 378 g/mol. The van der Waals surface area contributed by atoms with Crippen LogP contribution in [0.5, 0.6) is 0 Å². The zero-order valence-corrected chi connectivity index (χ0v) is 15.0. The topological polar surface area (TPSA) is 65.5 Å². The van der Waals surface area contributed by atoms with E-state index in [2.05, 4.69) is 20.9 Å². The SMILES string of the molecule is CN=C(NCc1cccc(NC(C)=O)c1)NCc1cccc(C(F)(F)F)c1. The van der Waals surface area contributed by atoms with Gasteiger partial charge < -0.3 is 16.0 Å². The molecule has 0 spiro atoms. The number of amides is 1. The van der Waals surface area contributed by atoms with Crippen molar-refractivity contribution in [2.45, 2.75) is 26.2 Å². The maximum absolute atomic E-state index is 12.8. The molecule has 0 aliphatic heterocycles. The first-order valence-corrected chi connectivity index (χ1v) is 8.25. The molecule has 144 valence electrons. The molecule has 0 heterocycles. The van der Waals surface area contributed by atoms with Gasteiger partial charge in [0.1, 0.15) is 0 Å². The van der Waals surface area contributed by atoms with Gasteiger partial charge in [0, 0.05) is 32.7 Å². The van der Waals surface area contributed by atoms with Gasteiger partial charge in [0.05, 0.1) is 5.56 Å². The number of aliphatic imine (C=N–C) groups is 1. The Morgan fingerprint density at radius 1 is 1.00 bits per heavy atom. The molecule has 0 unspecified atom stereocenters. The van der Waals surface area contributed by atoms with Gasteiger partial charge in [-0.15, -0.1) is 0 Å². The van der Waals surface area contributed by atoms with E-state index in [0.29, 0.717) is 23.8 Å². The molecule has 0 fully saturated rings. The lowest BCUT2D eigenvalue weighted by Crippen LogP contribution is -2.36. The number of nitrogens with one attached hydrogen (secondary N) is 3. The number of alkyl halides is 3. The van der Waals surface area contributed by atoms with Crippen LogP contribution < -0.4 is 16.0 Å². The number of hydrogen-bond donors (Lipinski definition) is 3. The number of halogens is 3. The average Bonchev–Trinajstić information content (AvgIpc) is 2.61. The van der Waals surface area contributed by atoms with Gasteiger partial charge in [-0.25, -0.2) is 0 Å². The van der Waals surface area contributed by atoms with E-state index in [1.54, 1.807) is 19.2 Å². The molecular weight excluding hydrogens is 357 g/mol. The second-order valence-electron chi connectivity index (χ2n) is 5.86. The molecule has 0 aromatic heterocycles. The van der Waals surface area contributed by atoms with Crippen LogP contribution in [0.15, 0.2) is 53.5 Å². The molecule has 0 aliphatic rings. The Bertz CT molecular complexity index is 819. The highest BCUT2D eigenvalue weighted by molar-refractivity contribution is 5.88. The standard InChI is InChI=1S/C19H21F3N4O/c1-13(27)26-17-8-4-6-15(10-17)12-25-18(23-2)24-11-14-5-3-7-16(9-14)19(20,21)22/h3-10H,11-12H2,1-2H3,(H,26,27)(H2,23,24,25). The Labute approximate surface area is 155 Å². The van der Waals surface area contributed by atoms with E-state index in [4.69, 9.17) is 0 Å². The Hall–Kier alpha value is -3.03. The van der Waals surface area contributed by atoms with Crippen LogP contribution in [0.25, 0.3) is 0 Å². The maximum Gasteiger partial charge on any atom is 0.416 e. The van der Waals surface area contributed by atoms with Crippen molar-refractivity contribution < 1.29 is 18.0 Å². The highest BCUT2D eigenvalue weighted by Gasteiger charge is 2.30. The van der Waals surface area contributed by atoms with Gasteiger partial charge in [-0.1, -0.05) is 24.3 Å². The summed E-state index contributed by atoms with van der Waals surface area (Å²) < 4.78 is 38.3. The first-order valence-electron chi connectivity index (χ1n) is 8.25. The summed E-state index contributed by atoms with van der Waals surface area (Å²) in [5.41, 5.74) is 1.43. The zero-order valence-electron chi connectivity index (χ0n) is 15.0. The predicted molar refractivity (Wildman–Crippen MR) is 99.2 cm³/mol. The second-order valence-corrected chi connectivity index (χ2v) is 5.86. The quantitative estimate of drug-likeness (QED) is 0.551. The third-order valence-electron chi connectivity index (χ3n) is 3.65. The highest BCUT2D eigenvalue weighted by Crippen LogP contribution is 2.29. The fourth-order valence-electron chi connectivity index (χ4n) is 2.41. The molecule has 27 heavy (non-hydrogen) atoms. The molecular formula is C19H21F3N4O. The van der Waals surface area contributed by atoms with Crippen LogP contribution in [0, 0.1) is 0 Å². The van der Waals surface area contributed by atoms with Crippen molar-refractivity contribution in [1.82, 2.24) is 10.6 Å².